The van der Waals surface area contributed by atoms with Crippen LogP contribution in [0.4, 0.5) is 11.4 Å². The molecule has 3 rings (SSSR count). The van der Waals surface area contributed by atoms with Gasteiger partial charge in [-0.1, -0.05) is 23.7 Å². The number of amides is 1. The number of carbonyl (C=O) groups excluding carboxylic acids is 1. The zero-order valence-corrected chi connectivity index (χ0v) is 14.7. The lowest BCUT2D eigenvalue weighted by Crippen LogP contribution is -2.25. The molecular formula is C17H17ClN2O3S. The molecule has 0 aliphatic carbocycles. The number of benzene rings is 2. The van der Waals surface area contributed by atoms with Crippen LogP contribution in [-0.2, 0) is 10.0 Å². The molecule has 1 heterocycles. The van der Waals surface area contributed by atoms with Crippen LogP contribution in [-0.4, -0.2) is 26.6 Å². The van der Waals surface area contributed by atoms with E-state index in [9.17, 15) is 13.2 Å². The lowest BCUT2D eigenvalue weighted by Gasteiger charge is -2.17. The minimum atomic E-state index is -3.27. The van der Waals surface area contributed by atoms with Gasteiger partial charge in [0, 0.05) is 22.8 Å². The first-order valence-electron chi connectivity index (χ1n) is 7.55. The van der Waals surface area contributed by atoms with Crippen molar-refractivity contribution in [3.05, 3.63) is 58.6 Å². The summed E-state index contributed by atoms with van der Waals surface area (Å²) in [6.45, 7) is 2.33. The molecule has 0 bridgehead atoms. The Morgan fingerprint density at radius 1 is 1.21 bits per heavy atom. The van der Waals surface area contributed by atoms with Crippen LogP contribution in [0.15, 0.2) is 42.5 Å². The summed E-state index contributed by atoms with van der Waals surface area (Å²) in [5.74, 6) is -0.168. The number of carbonyl (C=O) groups is 1. The van der Waals surface area contributed by atoms with Crippen LogP contribution in [0.5, 0.6) is 0 Å². The molecule has 126 valence electrons. The van der Waals surface area contributed by atoms with Gasteiger partial charge < -0.3 is 5.32 Å². The van der Waals surface area contributed by atoms with Gasteiger partial charge >= 0.3 is 0 Å². The first-order chi connectivity index (χ1) is 11.4. The Morgan fingerprint density at radius 3 is 2.67 bits per heavy atom. The summed E-state index contributed by atoms with van der Waals surface area (Å²) in [7, 11) is -3.27. The molecule has 0 unspecified atom stereocenters. The fraction of sp³-hybridized carbons (Fsp3) is 0.235. The Balaban J connectivity index is 1.83. The van der Waals surface area contributed by atoms with Crippen LogP contribution in [0.25, 0.3) is 0 Å². The van der Waals surface area contributed by atoms with Gasteiger partial charge in [0.1, 0.15) is 0 Å². The van der Waals surface area contributed by atoms with Crippen molar-refractivity contribution in [3.63, 3.8) is 0 Å². The zero-order chi connectivity index (χ0) is 17.3. The molecule has 1 aliphatic heterocycles. The highest BCUT2D eigenvalue weighted by atomic mass is 35.5. The predicted octanol–water partition coefficient (Wildman–Crippen LogP) is 3.44. The number of sulfonamides is 1. The van der Waals surface area contributed by atoms with Crippen LogP contribution in [0.1, 0.15) is 22.3 Å². The van der Waals surface area contributed by atoms with Gasteiger partial charge in [0.2, 0.25) is 10.0 Å². The van der Waals surface area contributed by atoms with E-state index in [1.165, 1.54) is 4.31 Å². The predicted molar refractivity (Wildman–Crippen MR) is 96.3 cm³/mol. The molecule has 2 aromatic carbocycles. The lowest BCUT2D eigenvalue weighted by molar-refractivity contribution is 0.102. The summed E-state index contributed by atoms with van der Waals surface area (Å²) >= 11 is 6.06. The Labute approximate surface area is 146 Å². The van der Waals surface area contributed by atoms with E-state index in [4.69, 9.17) is 11.6 Å². The molecule has 0 radical (unpaired) electrons. The van der Waals surface area contributed by atoms with E-state index in [1.807, 2.05) is 13.0 Å². The molecule has 2 aromatic rings. The maximum absolute atomic E-state index is 12.4. The van der Waals surface area contributed by atoms with Gasteiger partial charge in [-0.05, 0) is 49.2 Å². The van der Waals surface area contributed by atoms with Gasteiger partial charge in [0.15, 0.2) is 0 Å². The van der Waals surface area contributed by atoms with E-state index in [0.29, 0.717) is 34.9 Å². The highest BCUT2D eigenvalue weighted by Crippen LogP contribution is 2.25. The molecular weight excluding hydrogens is 348 g/mol. The third-order valence-electron chi connectivity index (χ3n) is 3.93. The van der Waals surface area contributed by atoms with Crippen LogP contribution < -0.4 is 9.62 Å². The highest BCUT2D eigenvalue weighted by molar-refractivity contribution is 7.93. The fourth-order valence-electron chi connectivity index (χ4n) is 2.61. The van der Waals surface area contributed by atoms with E-state index in [2.05, 4.69) is 5.32 Å². The van der Waals surface area contributed by atoms with Crippen molar-refractivity contribution in [2.45, 2.75) is 13.3 Å². The summed E-state index contributed by atoms with van der Waals surface area (Å²) in [4.78, 5) is 12.4. The molecule has 1 aliphatic rings. The molecule has 24 heavy (non-hydrogen) atoms. The van der Waals surface area contributed by atoms with Gasteiger partial charge in [-0.15, -0.1) is 0 Å². The Hall–Kier alpha value is -2.05. The molecule has 0 aromatic heterocycles. The summed E-state index contributed by atoms with van der Waals surface area (Å²) in [6, 6.07) is 11.9. The van der Waals surface area contributed by atoms with E-state index in [1.54, 1.807) is 36.4 Å². The number of hydrogen-bond acceptors (Lipinski definition) is 3. The number of aryl methyl sites for hydroxylation is 1. The monoisotopic (exact) mass is 364 g/mol. The smallest absolute Gasteiger partial charge is 0.255 e. The van der Waals surface area contributed by atoms with Gasteiger partial charge in [-0.3, -0.25) is 9.10 Å². The maximum atomic E-state index is 12.4. The average Bonchev–Trinajstić information content (AvgIpc) is 2.90. The van der Waals surface area contributed by atoms with E-state index in [-0.39, 0.29) is 11.7 Å². The quantitative estimate of drug-likeness (QED) is 0.907. The summed E-state index contributed by atoms with van der Waals surface area (Å²) < 4.78 is 25.4. The third kappa shape index (κ3) is 3.39. The summed E-state index contributed by atoms with van der Waals surface area (Å²) in [5.41, 5.74) is 2.43. The summed E-state index contributed by atoms with van der Waals surface area (Å²) in [6.07, 6.45) is 0.598. The molecule has 1 saturated heterocycles. The van der Waals surface area contributed by atoms with Crippen LogP contribution in [0.2, 0.25) is 5.02 Å². The molecule has 7 heteroatoms. The summed E-state index contributed by atoms with van der Waals surface area (Å²) in [5, 5.41) is 3.35. The molecule has 5 nitrogen and oxygen atoms in total. The highest BCUT2D eigenvalue weighted by Gasteiger charge is 2.28. The van der Waals surface area contributed by atoms with Crippen LogP contribution >= 0.6 is 11.6 Å². The average molecular weight is 365 g/mol. The Morgan fingerprint density at radius 2 is 2.00 bits per heavy atom. The van der Waals surface area contributed by atoms with Gasteiger partial charge in [-0.25, -0.2) is 8.42 Å². The Bertz CT molecular complexity index is 896. The minimum absolute atomic E-state index is 0.144. The van der Waals surface area contributed by atoms with Crippen molar-refractivity contribution in [1.29, 1.82) is 0 Å². The maximum Gasteiger partial charge on any atom is 0.255 e. The molecule has 0 saturated carbocycles. The first-order valence-corrected chi connectivity index (χ1v) is 9.53. The molecule has 1 N–H and O–H groups in total. The molecule has 0 atom stereocenters. The second-order valence-corrected chi connectivity index (χ2v) is 8.13. The van der Waals surface area contributed by atoms with Crippen LogP contribution in [0.3, 0.4) is 0 Å². The number of nitrogens with zero attached hydrogens (tertiary/aromatic N) is 1. The number of nitrogens with one attached hydrogen (secondary N) is 1. The van der Waals surface area contributed by atoms with Gasteiger partial charge in [0.05, 0.1) is 11.4 Å². The zero-order valence-electron chi connectivity index (χ0n) is 13.1. The Kier molecular flexibility index (Phi) is 4.51. The molecule has 1 amide bonds. The lowest BCUT2D eigenvalue weighted by atomic mass is 10.1. The standard InChI is InChI=1S/C17H17ClN2O3S/c1-12-6-7-14(11-16(12)18)19-17(21)13-4-2-5-15(10-13)20-8-3-9-24(20,22)23/h2,4-7,10-11H,3,8-9H2,1H3,(H,19,21). The number of anilines is 2. The third-order valence-corrected chi connectivity index (χ3v) is 6.20. The van der Waals surface area contributed by atoms with E-state index >= 15 is 0 Å². The van der Waals surface area contributed by atoms with Crippen molar-refractivity contribution in [1.82, 2.24) is 0 Å². The second-order valence-electron chi connectivity index (χ2n) is 5.71. The SMILES string of the molecule is Cc1ccc(NC(=O)c2cccc(N3CCCS3(=O)=O)c2)cc1Cl. The number of rotatable bonds is 3. The van der Waals surface area contributed by atoms with Crippen molar-refractivity contribution >= 4 is 38.9 Å². The number of hydrogen-bond donors (Lipinski definition) is 1. The van der Waals surface area contributed by atoms with Crippen molar-refractivity contribution in [2.24, 2.45) is 0 Å². The normalized spacial score (nSPS) is 16.2. The molecule has 0 spiro atoms. The van der Waals surface area contributed by atoms with Gasteiger partial charge in [-0.2, -0.15) is 0 Å². The first kappa shape index (κ1) is 16.8. The van der Waals surface area contributed by atoms with Crippen LogP contribution in [0, 0.1) is 6.92 Å². The van der Waals surface area contributed by atoms with Crippen molar-refractivity contribution < 1.29 is 13.2 Å². The van der Waals surface area contributed by atoms with E-state index < -0.39 is 10.0 Å². The second kappa shape index (κ2) is 6.45. The fourth-order valence-corrected chi connectivity index (χ4v) is 4.34. The van der Waals surface area contributed by atoms with Crippen molar-refractivity contribution in [3.8, 4) is 0 Å². The largest absolute Gasteiger partial charge is 0.322 e. The molecule has 1 fully saturated rings. The van der Waals surface area contributed by atoms with Gasteiger partial charge in [0.25, 0.3) is 5.91 Å². The topological polar surface area (TPSA) is 66.5 Å². The minimum Gasteiger partial charge on any atom is -0.322 e. The van der Waals surface area contributed by atoms with E-state index in [0.717, 1.165) is 5.56 Å². The van der Waals surface area contributed by atoms with Crippen molar-refractivity contribution in [2.75, 3.05) is 21.9 Å². The number of halogens is 1.